The molecule has 164 valence electrons. The molecule has 2 N–H and O–H groups in total. The number of nitrogens with zero attached hydrogens (tertiary/aromatic N) is 2. The largest absolute Gasteiger partial charge is 0.357 e. The molecule has 0 aliphatic carbocycles. The van der Waals surface area contributed by atoms with Crippen molar-refractivity contribution in [1.82, 2.24) is 20.1 Å². The summed E-state index contributed by atoms with van der Waals surface area (Å²) in [6.45, 7) is 2.72. The molecule has 10 heteroatoms. The Labute approximate surface area is 181 Å². The van der Waals surface area contributed by atoms with Crippen LogP contribution in [0.2, 0.25) is 5.02 Å². The molecule has 3 amide bonds. The van der Waals surface area contributed by atoms with E-state index in [2.05, 4.69) is 10.3 Å². The van der Waals surface area contributed by atoms with Crippen LogP contribution >= 0.6 is 11.6 Å². The number of sulfone groups is 1. The number of urea groups is 1. The van der Waals surface area contributed by atoms with Gasteiger partial charge in [-0.15, -0.1) is 0 Å². The van der Waals surface area contributed by atoms with Crippen molar-refractivity contribution >= 4 is 44.3 Å². The Balaban J connectivity index is 1.56. The zero-order chi connectivity index (χ0) is 21.9. The van der Waals surface area contributed by atoms with E-state index in [0.29, 0.717) is 24.7 Å². The van der Waals surface area contributed by atoms with Crippen LogP contribution in [-0.4, -0.2) is 72.8 Å². The summed E-state index contributed by atoms with van der Waals surface area (Å²) >= 11 is 6.01. The number of carbonyl (C=O) groups excluding carboxylic acids is 2. The Morgan fingerprint density at radius 1 is 1.33 bits per heavy atom. The second-order valence-corrected chi connectivity index (χ2v) is 10.4. The first-order valence-electron chi connectivity index (χ1n) is 9.94. The minimum Gasteiger partial charge on any atom is -0.357 e. The normalized spacial score (nSPS) is 17.2. The number of carbonyl (C=O) groups is 2. The SMILES string of the molecule is CCS(=O)(=O)CC(=O)N1CCC[C@@H](N(C)C(=O)NCc2cc3cc(Cl)ccc3[nH]2)C1. The molecule has 2 aromatic rings. The first-order valence-corrected chi connectivity index (χ1v) is 12.1. The van der Waals surface area contributed by atoms with Gasteiger partial charge < -0.3 is 20.1 Å². The van der Waals surface area contributed by atoms with E-state index in [1.54, 1.807) is 22.9 Å². The number of hydrogen-bond acceptors (Lipinski definition) is 4. The van der Waals surface area contributed by atoms with E-state index < -0.39 is 21.5 Å². The predicted octanol–water partition coefficient (Wildman–Crippen LogP) is 2.39. The van der Waals surface area contributed by atoms with Crippen LogP contribution < -0.4 is 5.32 Å². The van der Waals surface area contributed by atoms with Crippen LogP contribution in [0, 0.1) is 0 Å². The van der Waals surface area contributed by atoms with Gasteiger partial charge in [0.1, 0.15) is 5.75 Å². The molecule has 0 saturated carbocycles. The summed E-state index contributed by atoms with van der Waals surface area (Å²) < 4.78 is 23.5. The van der Waals surface area contributed by atoms with Gasteiger partial charge in [-0.2, -0.15) is 0 Å². The maximum Gasteiger partial charge on any atom is 0.317 e. The number of benzene rings is 1. The molecule has 2 heterocycles. The van der Waals surface area contributed by atoms with Gasteiger partial charge in [0.2, 0.25) is 5.91 Å². The summed E-state index contributed by atoms with van der Waals surface area (Å²) in [4.78, 5) is 31.3. The third-order valence-corrected chi connectivity index (χ3v) is 7.27. The van der Waals surface area contributed by atoms with Crippen LogP contribution in [0.4, 0.5) is 4.79 Å². The molecule has 1 aromatic carbocycles. The van der Waals surface area contributed by atoms with Crippen LogP contribution in [0.15, 0.2) is 24.3 Å². The second-order valence-electron chi connectivity index (χ2n) is 7.61. The second kappa shape index (κ2) is 9.26. The van der Waals surface area contributed by atoms with Crippen molar-refractivity contribution in [3.05, 3.63) is 35.0 Å². The highest BCUT2D eigenvalue weighted by molar-refractivity contribution is 7.92. The van der Waals surface area contributed by atoms with E-state index in [-0.39, 0.29) is 17.8 Å². The third kappa shape index (κ3) is 5.46. The number of piperidine rings is 1. The maximum atomic E-state index is 12.6. The van der Waals surface area contributed by atoms with E-state index in [4.69, 9.17) is 11.6 Å². The summed E-state index contributed by atoms with van der Waals surface area (Å²) in [5.41, 5.74) is 1.81. The molecule has 1 fully saturated rings. The minimum atomic E-state index is -3.37. The fraction of sp³-hybridized carbons (Fsp3) is 0.500. The molecule has 1 aliphatic rings. The fourth-order valence-corrected chi connectivity index (χ4v) is 4.54. The molecule has 30 heavy (non-hydrogen) atoms. The molecule has 1 aliphatic heterocycles. The molecule has 1 aromatic heterocycles. The van der Waals surface area contributed by atoms with Gasteiger partial charge in [0.05, 0.1) is 12.6 Å². The number of likely N-dealkylation sites (N-methyl/N-ethyl adjacent to an activating group) is 1. The Hall–Kier alpha value is -2.26. The van der Waals surface area contributed by atoms with E-state index in [9.17, 15) is 18.0 Å². The number of H-pyrrole nitrogens is 1. The molecule has 0 unspecified atom stereocenters. The molecule has 8 nitrogen and oxygen atoms in total. The van der Waals surface area contributed by atoms with Crippen molar-refractivity contribution in [2.24, 2.45) is 0 Å². The Bertz CT molecular complexity index is 1040. The minimum absolute atomic E-state index is 0.0573. The number of likely N-dealkylation sites (tertiary alicyclic amines) is 1. The molecule has 0 spiro atoms. The molecular weight excluding hydrogens is 428 g/mol. The van der Waals surface area contributed by atoms with Crippen LogP contribution in [0.3, 0.4) is 0 Å². The topological polar surface area (TPSA) is 103 Å². The number of aromatic amines is 1. The third-order valence-electron chi connectivity index (χ3n) is 5.47. The van der Waals surface area contributed by atoms with E-state index in [1.165, 1.54) is 6.92 Å². The highest BCUT2D eigenvalue weighted by Gasteiger charge is 2.30. The summed E-state index contributed by atoms with van der Waals surface area (Å²) in [6.07, 6.45) is 1.49. The predicted molar refractivity (Wildman–Crippen MR) is 117 cm³/mol. The number of hydrogen-bond donors (Lipinski definition) is 2. The quantitative estimate of drug-likeness (QED) is 0.699. The van der Waals surface area contributed by atoms with Crippen LogP contribution in [0.1, 0.15) is 25.5 Å². The number of nitrogens with one attached hydrogen (secondary N) is 2. The zero-order valence-corrected chi connectivity index (χ0v) is 18.7. The van der Waals surface area contributed by atoms with Gasteiger partial charge in [0.15, 0.2) is 9.84 Å². The fourth-order valence-electron chi connectivity index (χ4n) is 3.60. The van der Waals surface area contributed by atoms with E-state index in [1.807, 2.05) is 18.2 Å². The van der Waals surface area contributed by atoms with Crippen LogP contribution in [0.5, 0.6) is 0 Å². The van der Waals surface area contributed by atoms with Crippen molar-refractivity contribution in [3.8, 4) is 0 Å². The lowest BCUT2D eigenvalue weighted by molar-refractivity contribution is -0.130. The molecular formula is C20H27ClN4O4S. The van der Waals surface area contributed by atoms with E-state index in [0.717, 1.165) is 29.4 Å². The molecule has 0 radical (unpaired) electrons. The van der Waals surface area contributed by atoms with Gasteiger partial charge >= 0.3 is 6.03 Å². The lowest BCUT2D eigenvalue weighted by atomic mass is 10.0. The number of rotatable bonds is 6. The smallest absolute Gasteiger partial charge is 0.317 e. The summed E-state index contributed by atoms with van der Waals surface area (Å²) in [7, 11) is -1.67. The van der Waals surface area contributed by atoms with Crippen LogP contribution in [-0.2, 0) is 21.2 Å². The first kappa shape index (κ1) is 22.4. The first-order chi connectivity index (χ1) is 14.2. The number of fused-ring (bicyclic) bond motifs is 1. The van der Waals surface area contributed by atoms with Gasteiger partial charge in [0, 0.05) is 47.5 Å². The Kier molecular flexibility index (Phi) is 6.92. The zero-order valence-electron chi connectivity index (χ0n) is 17.2. The molecule has 3 rings (SSSR count). The average molecular weight is 455 g/mol. The monoisotopic (exact) mass is 454 g/mol. The average Bonchev–Trinajstić information content (AvgIpc) is 3.13. The van der Waals surface area contributed by atoms with Gasteiger partial charge in [-0.1, -0.05) is 18.5 Å². The Morgan fingerprint density at radius 2 is 2.10 bits per heavy atom. The van der Waals surface area contributed by atoms with Crippen molar-refractivity contribution in [3.63, 3.8) is 0 Å². The number of amides is 3. The van der Waals surface area contributed by atoms with Gasteiger partial charge in [-0.25, -0.2) is 13.2 Å². The Morgan fingerprint density at radius 3 is 2.83 bits per heavy atom. The summed E-state index contributed by atoms with van der Waals surface area (Å²) in [5.74, 6) is -0.929. The lowest BCUT2D eigenvalue weighted by Crippen LogP contribution is -2.53. The van der Waals surface area contributed by atoms with Crippen molar-refractivity contribution < 1.29 is 18.0 Å². The van der Waals surface area contributed by atoms with Gasteiger partial charge in [-0.3, -0.25) is 4.79 Å². The number of halogens is 1. The van der Waals surface area contributed by atoms with Crippen molar-refractivity contribution in [1.29, 1.82) is 0 Å². The number of aromatic nitrogens is 1. The molecule has 1 atom stereocenters. The highest BCUT2D eigenvalue weighted by Crippen LogP contribution is 2.20. The lowest BCUT2D eigenvalue weighted by Gasteiger charge is -2.37. The molecule has 1 saturated heterocycles. The summed E-state index contributed by atoms with van der Waals surface area (Å²) in [6, 6.07) is 7.09. The van der Waals surface area contributed by atoms with Crippen molar-refractivity contribution in [2.45, 2.75) is 32.4 Å². The molecule has 0 bridgehead atoms. The van der Waals surface area contributed by atoms with Gasteiger partial charge in [0.25, 0.3) is 0 Å². The van der Waals surface area contributed by atoms with E-state index >= 15 is 0 Å². The van der Waals surface area contributed by atoms with Gasteiger partial charge in [-0.05, 0) is 37.1 Å². The van der Waals surface area contributed by atoms with Crippen LogP contribution in [0.25, 0.3) is 10.9 Å². The highest BCUT2D eigenvalue weighted by atomic mass is 35.5. The summed E-state index contributed by atoms with van der Waals surface area (Å²) in [5, 5.41) is 4.51. The standard InChI is InChI=1S/C20H27ClN4O4S/c1-3-30(28,29)13-19(26)25-8-4-5-17(12-25)24(2)20(27)22-11-16-10-14-9-15(21)6-7-18(14)23-16/h6-7,9-10,17,23H,3-5,8,11-13H2,1-2H3,(H,22,27)/t17-/m1/s1. The maximum absolute atomic E-state index is 12.6. The van der Waals surface area contributed by atoms with Crippen molar-refractivity contribution in [2.75, 3.05) is 31.6 Å².